The third-order valence-corrected chi connectivity index (χ3v) is 2.00. The predicted octanol–water partition coefficient (Wildman–Crippen LogP) is 1.56. The molecule has 84 valence electrons. The van der Waals surface area contributed by atoms with Crippen molar-refractivity contribution in [1.29, 1.82) is 0 Å². The monoisotopic (exact) mass is 209 g/mol. The van der Waals surface area contributed by atoms with Crippen LogP contribution in [0.15, 0.2) is 24.3 Å². The fraction of sp³-hybridized carbons (Fsp3) is 0.500. The number of ether oxygens (including phenoxy) is 1. The van der Waals surface area contributed by atoms with Gasteiger partial charge in [0.2, 0.25) is 0 Å². The van der Waals surface area contributed by atoms with Gasteiger partial charge >= 0.3 is 0 Å². The second-order valence-corrected chi connectivity index (χ2v) is 3.56. The first kappa shape index (κ1) is 12.0. The summed E-state index contributed by atoms with van der Waals surface area (Å²) in [5, 5.41) is 12.2. The van der Waals surface area contributed by atoms with Crippen molar-refractivity contribution >= 4 is 0 Å². The van der Waals surface area contributed by atoms with E-state index in [1.165, 1.54) is 5.56 Å². The normalized spacial score (nSPS) is 12.5. The van der Waals surface area contributed by atoms with Crippen LogP contribution in [0.25, 0.3) is 0 Å². The van der Waals surface area contributed by atoms with E-state index in [-0.39, 0.29) is 6.10 Å². The van der Waals surface area contributed by atoms with Crippen molar-refractivity contribution in [2.24, 2.45) is 0 Å². The molecule has 3 heteroatoms. The van der Waals surface area contributed by atoms with Crippen LogP contribution < -0.4 is 10.1 Å². The number of hydrogen-bond donors (Lipinski definition) is 2. The molecule has 0 unspecified atom stereocenters. The Morgan fingerprint density at radius 1 is 1.33 bits per heavy atom. The van der Waals surface area contributed by atoms with Gasteiger partial charge in [0.05, 0.1) is 12.7 Å². The Balaban J connectivity index is 2.36. The van der Waals surface area contributed by atoms with E-state index in [0.29, 0.717) is 13.2 Å². The highest BCUT2D eigenvalue weighted by Gasteiger charge is 1.96. The molecule has 0 fully saturated rings. The standard InChI is InChI=1S/C12H19NO2/c1-3-15-12-6-4-11(5-7-12)9-13-8-10(2)14/h4-7,10,13-14H,3,8-9H2,1-2H3/t10-/m0/s1. The van der Waals surface area contributed by atoms with Crippen LogP contribution >= 0.6 is 0 Å². The van der Waals surface area contributed by atoms with E-state index in [0.717, 1.165) is 12.3 Å². The van der Waals surface area contributed by atoms with Crippen molar-refractivity contribution in [3.8, 4) is 5.75 Å². The lowest BCUT2D eigenvalue weighted by molar-refractivity contribution is 0.191. The van der Waals surface area contributed by atoms with E-state index < -0.39 is 0 Å². The SMILES string of the molecule is CCOc1ccc(CNC[C@H](C)O)cc1. The molecule has 0 aromatic heterocycles. The van der Waals surface area contributed by atoms with Crippen molar-refractivity contribution in [3.63, 3.8) is 0 Å². The molecule has 0 aliphatic heterocycles. The summed E-state index contributed by atoms with van der Waals surface area (Å²) in [7, 11) is 0. The largest absolute Gasteiger partial charge is 0.494 e. The smallest absolute Gasteiger partial charge is 0.119 e. The Labute approximate surface area is 91.1 Å². The molecule has 0 heterocycles. The first-order valence-electron chi connectivity index (χ1n) is 5.33. The molecule has 15 heavy (non-hydrogen) atoms. The minimum absolute atomic E-state index is 0.298. The van der Waals surface area contributed by atoms with Crippen molar-refractivity contribution in [3.05, 3.63) is 29.8 Å². The quantitative estimate of drug-likeness (QED) is 0.747. The predicted molar refractivity (Wildman–Crippen MR) is 61.0 cm³/mol. The number of aliphatic hydroxyl groups is 1. The lowest BCUT2D eigenvalue weighted by Crippen LogP contribution is -2.23. The maximum atomic E-state index is 9.06. The summed E-state index contributed by atoms with van der Waals surface area (Å²) >= 11 is 0. The Morgan fingerprint density at radius 2 is 2.00 bits per heavy atom. The highest BCUT2D eigenvalue weighted by Crippen LogP contribution is 2.11. The molecule has 0 spiro atoms. The summed E-state index contributed by atoms with van der Waals surface area (Å²) in [4.78, 5) is 0. The average Bonchev–Trinajstić information content (AvgIpc) is 2.20. The highest BCUT2D eigenvalue weighted by molar-refractivity contribution is 5.27. The Morgan fingerprint density at radius 3 is 2.53 bits per heavy atom. The van der Waals surface area contributed by atoms with E-state index in [1.54, 1.807) is 6.92 Å². The molecule has 0 saturated heterocycles. The number of nitrogens with one attached hydrogen (secondary N) is 1. The fourth-order valence-electron chi connectivity index (χ4n) is 1.30. The second-order valence-electron chi connectivity index (χ2n) is 3.56. The second kappa shape index (κ2) is 6.43. The Kier molecular flexibility index (Phi) is 5.15. The van der Waals surface area contributed by atoms with Crippen LogP contribution in [0.4, 0.5) is 0 Å². The van der Waals surface area contributed by atoms with Crippen LogP contribution in [0.5, 0.6) is 5.75 Å². The first-order chi connectivity index (χ1) is 7.22. The summed E-state index contributed by atoms with van der Waals surface area (Å²) in [5.41, 5.74) is 1.19. The molecule has 0 saturated carbocycles. The molecule has 3 nitrogen and oxygen atoms in total. The van der Waals surface area contributed by atoms with Crippen molar-refractivity contribution in [1.82, 2.24) is 5.32 Å². The molecule has 0 radical (unpaired) electrons. The van der Waals surface area contributed by atoms with Gasteiger partial charge in [0.25, 0.3) is 0 Å². The number of rotatable bonds is 6. The molecule has 1 aromatic carbocycles. The summed E-state index contributed by atoms with van der Waals surface area (Å²) < 4.78 is 5.34. The third-order valence-electron chi connectivity index (χ3n) is 2.00. The maximum Gasteiger partial charge on any atom is 0.119 e. The van der Waals surface area contributed by atoms with E-state index >= 15 is 0 Å². The van der Waals surface area contributed by atoms with Crippen LogP contribution in [0.3, 0.4) is 0 Å². The summed E-state index contributed by atoms with van der Waals surface area (Å²) in [5.74, 6) is 0.900. The van der Waals surface area contributed by atoms with Crippen LogP contribution in [-0.2, 0) is 6.54 Å². The van der Waals surface area contributed by atoms with Gasteiger partial charge in [0.1, 0.15) is 5.75 Å². The molecule has 0 bridgehead atoms. The van der Waals surface area contributed by atoms with Gasteiger partial charge in [-0.2, -0.15) is 0 Å². The van der Waals surface area contributed by atoms with Crippen molar-refractivity contribution in [2.45, 2.75) is 26.5 Å². The maximum absolute atomic E-state index is 9.06. The van der Waals surface area contributed by atoms with Gasteiger partial charge < -0.3 is 15.2 Å². The number of aliphatic hydroxyl groups excluding tert-OH is 1. The van der Waals surface area contributed by atoms with E-state index in [2.05, 4.69) is 5.32 Å². The third kappa shape index (κ3) is 4.81. The molecule has 0 aliphatic carbocycles. The van der Waals surface area contributed by atoms with Gasteiger partial charge in [-0.3, -0.25) is 0 Å². The molecule has 2 N–H and O–H groups in total. The molecule has 1 atom stereocenters. The zero-order valence-corrected chi connectivity index (χ0v) is 9.36. The van der Waals surface area contributed by atoms with Gasteiger partial charge in [0.15, 0.2) is 0 Å². The lowest BCUT2D eigenvalue weighted by Gasteiger charge is -2.08. The van der Waals surface area contributed by atoms with Crippen LogP contribution in [-0.4, -0.2) is 24.4 Å². The minimum atomic E-state index is -0.298. The van der Waals surface area contributed by atoms with Crippen molar-refractivity contribution in [2.75, 3.05) is 13.2 Å². The first-order valence-corrected chi connectivity index (χ1v) is 5.33. The number of hydrogen-bond acceptors (Lipinski definition) is 3. The molecule has 0 aliphatic rings. The molecular weight excluding hydrogens is 190 g/mol. The average molecular weight is 209 g/mol. The molecule has 1 rings (SSSR count). The zero-order valence-electron chi connectivity index (χ0n) is 9.36. The van der Waals surface area contributed by atoms with Gasteiger partial charge in [-0.15, -0.1) is 0 Å². The van der Waals surface area contributed by atoms with E-state index in [1.807, 2.05) is 31.2 Å². The fourth-order valence-corrected chi connectivity index (χ4v) is 1.30. The van der Waals surface area contributed by atoms with Crippen LogP contribution in [0, 0.1) is 0 Å². The Hall–Kier alpha value is -1.06. The minimum Gasteiger partial charge on any atom is -0.494 e. The molecule has 1 aromatic rings. The zero-order chi connectivity index (χ0) is 11.1. The van der Waals surface area contributed by atoms with E-state index in [9.17, 15) is 0 Å². The highest BCUT2D eigenvalue weighted by atomic mass is 16.5. The van der Waals surface area contributed by atoms with Crippen LogP contribution in [0.2, 0.25) is 0 Å². The lowest BCUT2D eigenvalue weighted by atomic mass is 10.2. The summed E-state index contributed by atoms with van der Waals surface area (Å²) in [6.45, 7) is 5.83. The van der Waals surface area contributed by atoms with Gasteiger partial charge in [0, 0.05) is 13.1 Å². The van der Waals surface area contributed by atoms with Crippen molar-refractivity contribution < 1.29 is 9.84 Å². The van der Waals surface area contributed by atoms with Gasteiger partial charge in [-0.25, -0.2) is 0 Å². The summed E-state index contributed by atoms with van der Waals surface area (Å²) in [6.07, 6.45) is -0.298. The summed E-state index contributed by atoms with van der Waals surface area (Å²) in [6, 6.07) is 7.98. The van der Waals surface area contributed by atoms with Crippen LogP contribution in [0.1, 0.15) is 19.4 Å². The van der Waals surface area contributed by atoms with Gasteiger partial charge in [-0.05, 0) is 31.5 Å². The van der Waals surface area contributed by atoms with Gasteiger partial charge in [-0.1, -0.05) is 12.1 Å². The molecular formula is C12H19NO2. The number of benzene rings is 1. The topological polar surface area (TPSA) is 41.5 Å². The molecule has 0 amide bonds. The Bertz CT molecular complexity index is 269. The van der Waals surface area contributed by atoms with E-state index in [4.69, 9.17) is 9.84 Å².